The van der Waals surface area contributed by atoms with Crippen LogP contribution in [0.25, 0.3) is 0 Å². The van der Waals surface area contributed by atoms with Crippen molar-refractivity contribution in [3.05, 3.63) is 0 Å². The van der Waals surface area contributed by atoms with Crippen molar-refractivity contribution in [2.24, 2.45) is 11.1 Å². The van der Waals surface area contributed by atoms with E-state index in [4.69, 9.17) is 10.5 Å². The summed E-state index contributed by atoms with van der Waals surface area (Å²) in [5.74, 6) is -0.773. The fourth-order valence-electron chi connectivity index (χ4n) is 2.08. The van der Waals surface area contributed by atoms with E-state index < -0.39 is 11.4 Å². The lowest BCUT2D eigenvalue weighted by Crippen LogP contribution is -2.38. The Morgan fingerprint density at radius 3 is 2.80 bits per heavy atom. The van der Waals surface area contributed by atoms with E-state index in [-0.39, 0.29) is 12.6 Å². The molecule has 1 saturated heterocycles. The van der Waals surface area contributed by atoms with Crippen LogP contribution in [0.4, 0.5) is 0 Å². The van der Waals surface area contributed by atoms with Crippen LogP contribution in [0.1, 0.15) is 39.0 Å². The van der Waals surface area contributed by atoms with Crippen molar-refractivity contribution in [2.45, 2.75) is 45.1 Å². The van der Waals surface area contributed by atoms with Gasteiger partial charge >= 0.3 is 5.97 Å². The van der Waals surface area contributed by atoms with E-state index in [1.807, 2.05) is 6.92 Å². The number of hydrogen-bond donors (Lipinski definition) is 2. The second kappa shape index (κ2) is 5.47. The van der Waals surface area contributed by atoms with E-state index in [0.717, 1.165) is 25.9 Å². The highest BCUT2D eigenvalue weighted by molar-refractivity contribution is 5.74. The van der Waals surface area contributed by atoms with Gasteiger partial charge in [0, 0.05) is 13.2 Å². The highest BCUT2D eigenvalue weighted by Gasteiger charge is 2.35. The van der Waals surface area contributed by atoms with Gasteiger partial charge in [-0.25, -0.2) is 0 Å². The topological polar surface area (TPSA) is 72.5 Å². The van der Waals surface area contributed by atoms with E-state index in [1.54, 1.807) is 0 Å². The molecule has 0 spiro atoms. The van der Waals surface area contributed by atoms with Gasteiger partial charge in [0.05, 0.1) is 11.5 Å². The Morgan fingerprint density at radius 2 is 2.40 bits per heavy atom. The van der Waals surface area contributed by atoms with Crippen LogP contribution in [-0.2, 0) is 9.53 Å². The Morgan fingerprint density at radius 1 is 1.67 bits per heavy atom. The Bertz CT molecular complexity index is 208. The fraction of sp³-hybridized carbons (Fsp3) is 0.909. The van der Waals surface area contributed by atoms with Gasteiger partial charge in [-0.05, 0) is 32.1 Å². The third-order valence-electron chi connectivity index (χ3n) is 3.49. The molecule has 1 rings (SSSR count). The van der Waals surface area contributed by atoms with Crippen LogP contribution in [-0.4, -0.2) is 30.3 Å². The number of ether oxygens (including phenoxy) is 1. The van der Waals surface area contributed by atoms with Crippen molar-refractivity contribution in [3.8, 4) is 0 Å². The Labute approximate surface area is 90.8 Å². The van der Waals surface area contributed by atoms with Crippen LogP contribution < -0.4 is 5.73 Å². The van der Waals surface area contributed by atoms with Crippen LogP contribution in [0.15, 0.2) is 0 Å². The number of aliphatic carboxylic acids is 1. The lowest BCUT2D eigenvalue weighted by molar-refractivity contribution is -0.149. The number of hydrogen-bond acceptors (Lipinski definition) is 3. The highest BCUT2D eigenvalue weighted by atomic mass is 16.5. The zero-order chi connectivity index (χ0) is 11.3. The summed E-state index contributed by atoms with van der Waals surface area (Å²) in [6.45, 7) is 2.92. The molecule has 0 aromatic heterocycles. The molecule has 2 unspecified atom stereocenters. The molecule has 0 amide bonds. The van der Waals surface area contributed by atoms with Gasteiger partial charge < -0.3 is 15.6 Å². The van der Waals surface area contributed by atoms with Gasteiger partial charge in [-0.1, -0.05) is 6.92 Å². The second-order valence-electron chi connectivity index (χ2n) is 4.32. The maximum Gasteiger partial charge on any atom is 0.310 e. The van der Waals surface area contributed by atoms with Gasteiger partial charge in [-0.3, -0.25) is 4.79 Å². The SMILES string of the molecule is CCC(CN)(CCC1CCCO1)C(=O)O. The van der Waals surface area contributed by atoms with Crippen molar-refractivity contribution in [1.29, 1.82) is 0 Å². The minimum absolute atomic E-state index is 0.214. The third-order valence-corrected chi connectivity index (χ3v) is 3.49. The van der Waals surface area contributed by atoms with Gasteiger partial charge in [0.2, 0.25) is 0 Å². The molecule has 0 aromatic carbocycles. The minimum atomic E-state index is -0.773. The maximum atomic E-state index is 11.2. The Hall–Kier alpha value is -0.610. The lowest BCUT2D eigenvalue weighted by Gasteiger charge is -2.27. The number of rotatable bonds is 6. The molecule has 1 heterocycles. The summed E-state index contributed by atoms with van der Waals surface area (Å²) < 4.78 is 5.48. The first-order chi connectivity index (χ1) is 7.14. The lowest BCUT2D eigenvalue weighted by atomic mass is 9.80. The molecular weight excluding hydrogens is 194 g/mol. The van der Waals surface area contributed by atoms with Gasteiger partial charge in [-0.15, -0.1) is 0 Å². The molecule has 0 aliphatic carbocycles. The number of carboxylic acid groups (broad SMARTS) is 1. The maximum absolute atomic E-state index is 11.2. The Balaban J connectivity index is 2.46. The molecule has 0 aromatic rings. The molecule has 1 fully saturated rings. The number of carbonyl (C=O) groups is 1. The normalized spacial score (nSPS) is 25.1. The van der Waals surface area contributed by atoms with E-state index in [9.17, 15) is 9.90 Å². The van der Waals surface area contributed by atoms with E-state index in [1.165, 1.54) is 0 Å². The summed E-state index contributed by atoms with van der Waals surface area (Å²) in [4.78, 5) is 11.2. The summed E-state index contributed by atoms with van der Waals surface area (Å²) in [6.07, 6.45) is 4.44. The monoisotopic (exact) mass is 215 g/mol. The van der Waals surface area contributed by atoms with Crippen molar-refractivity contribution in [3.63, 3.8) is 0 Å². The van der Waals surface area contributed by atoms with Crippen molar-refractivity contribution < 1.29 is 14.6 Å². The Kier molecular flexibility index (Phi) is 4.54. The molecule has 2 atom stereocenters. The standard InChI is InChI=1S/C11H21NO3/c1-2-11(8-12,10(13)14)6-5-9-4-3-7-15-9/h9H,2-8,12H2,1H3,(H,13,14). The summed E-state index contributed by atoms with van der Waals surface area (Å²) in [5.41, 5.74) is 4.84. The molecule has 0 saturated carbocycles. The van der Waals surface area contributed by atoms with Crippen LogP contribution in [0.2, 0.25) is 0 Å². The third kappa shape index (κ3) is 2.92. The van der Waals surface area contributed by atoms with Crippen molar-refractivity contribution in [1.82, 2.24) is 0 Å². The quantitative estimate of drug-likeness (QED) is 0.702. The zero-order valence-corrected chi connectivity index (χ0v) is 9.37. The molecule has 1 aliphatic heterocycles. The van der Waals surface area contributed by atoms with E-state index >= 15 is 0 Å². The molecule has 4 nitrogen and oxygen atoms in total. The summed E-state index contributed by atoms with van der Waals surface area (Å²) in [7, 11) is 0. The smallest absolute Gasteiger partial charge is 0.310 e. The summed E-state index contributed by atoms with van der Waals surface area (Å²) in [6, 6.07) is 0. The van der Waals surface area contributed by atoms with Crippen LogP contribution in [0.5, 0.6) is 0 Å². The average Bonchev–Trinajstić information content (AvgIpc) is 2.72. The first kappa shape index (κ1) is 12.5. The van der Waals surface area contributed by atoms with Gasteiger partial charge in [0.1, 0.15) is 0 Å². The number of carboxylic acids is 1. The molecule has 1 aliphatic rings. The fourth-order valence-corrected chi connectivity index (χ4v) is 2.08. The molecule has 0 bridgehead atoms. The second-order valence-corrected chi connectivity index (χ2v) is 4.32. The molecule has 0 radical (unpaired) electrons. The average molecular weight is 215 g/mol. The molecular formula is C11H21NO3. The predicted molar refractivity (Wildman–Crippen MR) is 57.6 cm³/mol. The van der Waals surface area contributed by atoms with Gasteiger partial charge in [-0.2, -0.15) is 0 Å². The zero-order valence-electron chi connectivity index (χ0n) is 9.37. The molecule has 3 N–H and O–H groups in total. The van der Waals surface area contributed by atoms with Gasteiger partial charge in [0.25, 0.3) is 0 Å². The van der Waals surface area contributed by atoms with Crippen LogP contribution >= 0.6 is 0 Å². The van der Waals surface area contributed by atoms with Gasteiger partial charge in [0.15, 0.2) is 0 Å². The first-order valence-electron chi connectivity index (χ1n) is 5.69. The molecule has 88 valence electrons. The van der Waals surface area contributed by atoms with E-state index in [2.05, 4.69) is 0 Å². The first-order valence-corrected chi connectivity index (χ1v) is 5.69. The minimum Gasteiger partial charge on any atom is -0.481 e. The van der Waals surface area contributed by atoms with Crippen molar-refractivity contribution in [2.75, 3.05) is 13.2 Å². The van der Waals surface area contributed by atoms with Crippen LogP contribution in [0.3, 0.4) is 0 Å². The summed E-state index contributed by atoms with van der Waals surface area (Å²) >= 11 is 0. The largest absolute Gasteiger partial charge is 0.481 e. The van der Waals surface area contributed by atoms with Crippen molar-refractivity contribution >= 4 is 5.97 Å². The summed E-state index contributed by atoms with van der Waals surface area (Å²) in [5, 5.41) is 9.18. The highest BCUT2D eigenvalue weighted by Crippen LogP contribution is 2.30. The number of nitrogens with two attached hydrogens (primary N) is 1. The molecule has 15 heavy (non-hydrogen) atoms. The predicted octanol–water partition coefficient (Wildman–Crippen LogP) is 1.39. The van der Waals surface area contributed by atoms with E-state index in [0.29, 0.717) is 12.8 Å². The molecule has 4 heteroatoms. The van der Waals surface area contributed by atoms with Crippen LogP contribution in [0, 0.1) is 5.41 Å².